The summed E-state index contributed by atoms with van der Waals surface area (Å²) in [5.74, 6) is -0.863. The van der Waals surface area contributed by atoms with Gasteiger partial charge in [-0.25, -0.2) is 8.78 Å². The number of hydrogen-bond acceptors (Lipinski definition) is 3. The van der Waals surface area contributed by atoms with Crippen LogP contribution in [0.3, 0.4) is 0 Å². The lowest BCUT2D eigenvalue weighted by Crippen LogP contribution is -2.30. The molecule has 0 aliphatic carbocycles. The lowest BCUT2D eigenvalue weighted by atomic mass is 10.1. The fraction of sp³-hybridized carbons (Fsp3) is 0.667. The minimum Gasteiger partial charge on any atom is -0.368 e. The molecular formula is C18H24BrF2N3. The maximum atomic E-state index is 15.1. The van der Waals surface area contributed by atoms with Crippen LogP contribution < -0.4 is 14.7 Å². The molecule has 3 fully saturated rings. The van der Waals surface area contributed by atoms with Crippen molar-refractivity contribution < 1.29 is 8.78 Å². The summed E-state index contributed by atoms with van der Waals surface area (Å²) in [6, 6.07) is 0. The Balaban J connectivity index is 1.92. The van der Waals surface area contributed by atoms with Gasteiger partial charge in [0.1, 0.15) is 11.4 Å². The van der Waals surface area contributed by atoms with E-state index in [1.165, 1.54) is 0 Å². The van der Waals surface area contributed by atoms with Crippen LogP contribution in [0.5, 0.6) is 0 Å². The van der Waals surface area contributed by atoms with Crippen LogP contribution in [0.25, 0.3) is 0 Å². The van der Waals surface area contributed by atoms with Gasteiger partial charge in [-0.1, -0.05) is 0 Å². The maximum absolute atomic E-state index is 15.1. The van der Waals surface area contributed by atoms with Gasteiger partial charge in [-0.3, -0.25) is 0 Å². The third-order valence-electron chi connectivity index (χ3n) is 5.52. The Bertz CT molecular complexity index is 576. The SMILES string of the molecule is Fc1c(Br)c(F)c(N2CCCC2)c(N2CCCC2)c1N1CCCC1. The monoisotopic (exact) mass is 399 g/mol. The highest BCUT2D eigenvalue weighted by Crippen LogP contribution is 2.48. The van der Waals surface area contributed by atoms with Crippen molar-refractivity contribution in [3.63, 3.8) is 0 Å². The van der Waals surface area contributed by atoms with E-state index in [4.69, 9.17) is 0 Å². The minimum absolute atomic E-state index is 0.00533. The Kier molecular flexibility index (Phi) is 4.58. The van der Waals surface area contributed by atoms with E-state index in [0.29, 0.717) is 11.4 Å². The van der Waals surface area contributed by atoms with Crippen LogP contribution in [-0.4, -0.2) is 39.3 Å². The van der Waals surface area contributed by atoms with Crippen molar-refractivity contribution in [1.29, 1.82) is 0 Å². The largest absolute Gasteiger partial charge is 0.368 e. The Morgan fingerprint density at radius 3 is 1.17 bits per heavy atom. The molecule has 3 saturated heterocycles. The Labute approximate surface area is 150 Å². The highest BCUT2D eigenvalue weighted by molar-refractivity contribution is 9.10. The smallest absolute Gasteiger partial charge is 0.165 e. The van der Waals surface area contributed by atoms with Crippen LogP contribution in [0.4, 0.5) is 25.8 Å². The summed E-state index contributed by atoms with van der Waals surface area (Å²) in [6.45, 7) is 5.21. The molecule has 6 heteroatoms. The molecule has 3 aliphatic heterocycles. The second-order valence-electron chi connectivity index (χ2n) is 7.07. The molecule has 0 saturated carbocycles. The number of benzene rings is 1. The van der Waals surface area contributed by atoms with Crippen molar-refractivity contribution in [2.45, 2.75) is 38.5 Å². The summed E-state index contributed by atoms with van der Waals surface area (Å²) in [4.78, 5) is 6.44. The summed E-state index contributed by atoms with van der Waals surface area (Å²) >= 11 is 3.20. The summed E-state index contributed by atoms with van der Waals surface area (Å²) < 4.78 is 30.2. The molecule has 132 valence electrons. The van der Waals surface area contributed by atoms with Crippen LogP contribution in [-0.2, 0) is 0 Å². The van der Waals surface area contributed by atoms with E-state index >= 15 is 8.78 Å². The number of anilines is 3. The quantitative estimate of drug-likeness (QED) is 0.691. The van der Waals surface area contributed by atoms with Gasteiger partial charge in [0.15, 0.2) is 11.6 Å². The van der Waals surface area contributed by atoms with Crippen molar-refractivity contribution >= 4 is 33.0 Å². The molecular weight excluding hydrogens is 376 g/mol. The number of rotatable bonds is 3. The minimum atomic E-state index is -0.431. The van der Waals surface area contributed by atoms with Crippen LogP contribution in [0.15, 0.2) is 4.47 Å². The molecule has 0 radical (unpaired) electrons. The zero-order valence-electron chi connectivity index (χ0n) is 14.0. The fourth-order valence-electron chi connectivity index (χ4n) is 4.32. The van der Waals surface area contributed by atoms with Crippen LogP contribution in [0.2, 0.25) is 0 Å². The van der Waals surface area contributed by atoms with Crippen molar-refractivity contribution in [3.8, 4) is 0 Å². The highest BCUT2D eigenvalue weighted by atomic mass is 79.9. The van der Waals surface area contributed by atoms with E-state index < -0.39 is 11.6 Å². The van der Waals surface area contributed by atoms with E-state index in [2.05, 4.69) is 30.6 Å². The van der Waals surface area contributed by atoms with Crippen molar-refractivity contribution in [2.75, 3.05) is 54.0 Å². The van der Waals surface area contributed by atoms with Crippen molar-refractivity contribution in [3.05, 3.63) is 16.1 Å². The van der Waals surface area contributed by atoms with E-state index in [0.717, 1.165) is 83.5 Å². The molecule has 4 rings (SSSR count). The average Bonchev–Trinajstić information content (AvgIpc) is 3.34. The fourth-order valence-corrected chi connectivity index (χ4v) is 4.70. The second-order valence-corrected chi connectivity index (χ2v) is 7.86. The van der Waals surface area contributed by atoms with Gasteiger partial charge in [0, 0.05) is 39.3 Å². The molecule has 3 aliphatic rings. The molecule has 0 atom stereocenters. The maximum Gasteiger partial charge on any atom is 0.165 e. The molecule has 1 aromatic rings. The topological polar surface area (TPSA) is 9.72 Å². The first-order valence-corrected chi connectivity index (χ1v) is 9.93. The molecule has 3 heterocycles. The van der Waals surface area contributed by atoms with E-state index in [1.807, 2.05) is 0 Å². The Morgan fingerprint density at radius 1 is 0.542 bits per heavy atom. The summed E-state index contributed by atoms with van der Waals surface area (Å²) in [6.07, 6.45) is 6.50. The van der Waals surface area contributed by atoms with Gasteiger partial charge in [0.05, 0.1) is 10.2 Å². The van der Waals surface area contributed by atoms with Gasteiger partial charge in [0.2, 0.25) is 0 Å². The van der Waals surface area contributed by atoms with E-state index in [9.17, 15) is 0 Å². The Morgan fingerprint density at radius 2 is 0.833 bits per heavy atom. The van der Waals surface area contributed by atoms with Gasteiger partial charge in [-0.15, -0.1) is 0 Å². The third-order valence-corrected chi connectivity index (χ3v) is 6.21. The van der Waals surface area contributed by atoms with Gasteiger partial charge in [-0.05, 0) is 54.5 Å². The average molecular weight is 400 g/mol. The van der Waals surface area contributed by atoms with Gasteiger partial charge >= 0.3 is 0 Å². The molecule has 0 bridgehead atoms. The van der Waals surface area contributed by atoms with Crippen LogP contribution in [0.1, 0.15) is 38.5 Å². The van der Waals surface area contributed by atoms with Crippen molar-refractivity contribution in [1.82, 2.24) is 0 Å². The first kappa shape index (κ1) is 16.4. The highest BCUT2D eigenvalue weighted by Gasteiger charge is 2.34. The van der Waals surface area contributed by atoms with Crippen molar-refractivity contribution in [2.24, 2.45) is 0 Å². The third kappa shape index (κ3) is 2.67. The molecule has 0 amide bonds. The molecule has 1 aromatic carbocycles. The van der Waals surface area contributed by atoms with Gasteiger partial charge < -0.3 is 14.7 Å². The summed E-state index contributed by atoms with van der Waals surface area (Å²) in [7, 11) is 0. The lowest BCUT2D eigenvalue weighted by Gasteiger charge is -2.33. The number of hydrogen-bond donors (Lipinski definition) is 0. The normalized spacial score (nSPS) is 21.4. The zero-order chi connectivity index (χ0) is 16.7. The number of nitrogens with zero attached hydrogens (tertiary/aromatic N) is 3. The predicted molar refractivity (Wildman–Crippen MR) is 98.4 cm³/mol. The predicted octanol–water partition coefficient (Wildman–Crippen LogP) is 4.53. The van der Waals surface area contributed by atoms with E-state index in [-0.39, 0.29) is 4.47 Å². The van der Waals surface area contributed by atoms with Gasteiger partial charge in [0.25, 0.3) is 0 Å². The molecule has 0 spiro atoms. The molecule has 3 nitrogen and oxygen atoms in total. The summed E-state index contributed by atoms with van der Waals surface area (Å²) in [5, 5.41) is 0. The molecule has 0 N–H and O–H groups in total. The first-order valence-electron chi connectivity index (χ1n) is 9.14. The van der Waals surface area contributed by atoms with Crippen LogP contribution >= 0.6 is 15.9 Å². The van der Waals surface area contributed by atoms with Gasteiger partial charge in [-0.2, -0.15) is 0 Å². The second kappa shape index (κ2) is 6.70. The zero-order valence-corrected chi connectivity index (χ0v) is 15.5. The standard InChI is InChI=1S/C18H24BrF2N3/c19-13-14(20)16(22-7-1-2-8-22)18(24-11-5-6-12-24)17(15(13)21)23-9-3-4-10-23/h1-12H2. The Hall–Kier alpha value is -1.04. The first-order chi connectivity index (χ1) is 11.7. The molecule has 0 unspecified atom stereocenters. The summed E-state index contributed by atoms with van der Waals surface area (Å²) in [5.41, 5.74) is 2.03. The number of halogens is 3. The molecule has 24 heavy (non-hydrogen) atoms. The van der Waals surface area contributed by atoms with E-state index in [1.54, 1.807) is 0 Å². The van der Waals surface area contributed by atoms with Crippen LogP contribution in [0, 0.1) is 11.6 Å². The molecule has 0 aromatic heterocycles. The lowest BCUT2D eigenvalue weighted by molar-refractivity contribution is 0.567.